The number of nitrogens with zero attached hydrogens (tertiary/aromatic N) is 2. The normalized spacial score (nSPS) is 28.4. The molecule has 3 fully saturated rings. The fourth-order valence-corrected chi connectivity index (χ4v) is 6.69. The molecule has 3 nitrogen and oxygen atoms in total. The van der Waals surface area contributed by atoms with Crippen LogP contribution in [-0.4, -0.2) is 41.4 Å². The standard InChI is InChI=1S/C25H32N2OS/c28-25(20-9-5-2-6-10-20)27-17-22(21-12-14-29-18-21)23-16-26(13-11-24(23)27)15-19-7-3-1-4-8-19/h1,3-4,7-8,12,14,18,20,22-24H,2,5-6,9-11,13,15-17H2/t22-,23-,24-/m1/s1. The molecule has 1 saturated carbocycles. The summed E-state index contributed by atoms with van der Waals surface area (Å²) >= 11 is 1.79. The predicted molar refractivity (Wildman–Crippen MR) is 119 cm³/mol. The largest absolute Gasteiger partial charge is 0.338 e. The van der Waals surface area contributed by atoms with E-state index in [1.807, 2.05) is 0 Å². The van der Waals surface area contributed by atoms with Crippen LogP contribution in [0, 0.1) is 11.8 Å². The first-order valence-corrected chi connectivity index (χ1v) is 12.3. The van der Waals surface area contributed by atoms with E-state index in [2.05, 4.69) is 57.0 Å². The number of carbonyl (C=O) groups is 1. The van der Waals surface area contributed by atoms with E-state index in [-0.39, 0.29) is 5.92 Å². The quantitative estimate of drug-likeness (QED) is 0.699. The van der Waals surface area contributed by atoms with E-state index >= 15 is 0 Å². The average Bonchev–Trinajstić information content (AvgIpc) is 3.42. The molecule has 3 aliphatic rings. The van der Waals surface area contributed by atoms with Crippen LogP contribution >= 0.6 is 11.3 Å². The van der Waals surface area contributed by atoms with Crippen molar-refractivity contribution in [3.05, 3.63) is 58.3 Å². The Morgan fingerprint density at radius 1 is 1.00 bits per heavy atom. The van der Waals surface area contributed by atoms with Crippen molar-refractivity contribution in [1.29, 1.82) is 0 Å². The van der Waals surface area contributed by atoms with Crippen LogP contribution in [0.3, 0.4) is 0 Å². The molecule has 0 unspecified atom stereocenters. The molecule has 2 aliphatic heterocycles. The number of amides is 1. The summed E-state index contributed by atoms with van der Waals surface area (Å²) in [5, 5.41) is 4.51. The maximum Gasteiger partial charge on any atom is 0.225 e. The Hall–Kier alpha value is -1.65. The maximum absolute atomic E-state index is 13.5. The Morgan fingerprint density at radius 2 is 1.83 bits per heavy atom. The first-order chi connectivity index (χ1) is 14.3. The molecule has 4 heteroatoms. The molecule has 0 spiro atoms. The molecule has 1 aromatic heterocycles. The summed E-state index contributed by atoms with van der Waals surface area (Å²) in [7, 11) is 0. The van der Waals surface area contributed by atoms with Crippen LogP contribution in [0.1, 0.15) is 55.6 Å². The summed E-state index contributed by atoms with van der Waals surface area (Å²) in [5.41, 5.74) is 2.84. The van der Waals surface area contributed by atoms with Gasteiger partial charge in [-0.1, -0.05) is 49.6 Å². The van der Waals surface area contributed by atoms with Gasteiger partial charge in [0.2, 0.25) is 5.91 Å². The van der Waals surface area contributed by atoms with Gasteiger partial charge in [-0.05, 0) is 47.2 Å². The zero-order valence-corrected chi connectivity index (χ0v) is 18.0. The molecule has 29 heavy (non-hydrogen) atoms. The van der Waals surface area contributed by atoms with Crippen molar-refractivity contribution in [2.75, 3.05) is 19.6 Å². The minimum absolute atomic E-state index is 0.285. The molecule has 1 amide bonds. The van der Waals surface area contributed by atoms with Crippen molar-refractivity contribution >= 4 is 17.2 Å². The lowest BCUT2D eigenvalue weighted by molar-refractivity contribution is -0.138. The van der Waals surface area contributed by atoms with Gasteiger partial charge >= 0.3 is 0 Å². The molecule has 0 radical (unpaired) electrons. The molecule has 2 aromatic rings. The zero-order chi connectivity index (χ0) is 19.6. The van der Waals surface area contributed by atoms with Gasteiger partial charge in [0.1, 0.15) is 0 Å². The number of piperidine rings is 1. The number of fused-ring (bicyclic) bond motifs is 1. The highest BCUT2D eigenvalue weighted by Crippen LogP contribution is 2.43. The molecular weight excluding hydrogens is 376 g/mol. The van der Waals surface area contributed by atoms with E-state index in [0.29, 0.717) is 23.8 Å². The summed E-state index contributed by atoms with van der Waals surface area (Å²) in [5.74, 6) is 1.81. The van der Waals surface area contributed by atoms with Crippen LogP contribution < -0.4 is 0 Å². The fourth-order valence-electron chi connectivity index (χ4n) is 5.97. The monoisotopic (exact) mass is 408 g/mol. The lowest BCUT2D eigenvalue weighted by Gasteiger charge is -2.40. The molecule has 0 N–H and O–H groups in total. The van der Waals surface area contributed by atoms with Crippen LogP contribution in [-0.2, 0) is 11.3 Å². The third kappa shape index (κ3) is 4.02. The van der Waals surface area contributed by atoms with Crippen LogP contribution in [0.25, 0.3) is 0 Å². The maximum atomic E-state index is 13.5. The summed E-state index contributed by atoms with van der Waals surface area (Å²) in [6.45, 7) is 4.16. The number of likely N-dealkylation sites (tertiary alicyclic amines) is 2. The Balaban J connectivity index is 1.34. The van der Waals surface area contributed by atoms with Crippen LogP contribution in [0.15, 0.2) is 47.2 Å². The van der Waals surface area contributed by atoms with Crippen LogP contribution in [0.5, 0.6) is 0 Å². The van der Waals surface area contributed by atoms with Gasteiger partial charge in [0.15, 0.2) is 0 Å². The van der Waals surface area contributed by atoms with Gasteiger partial charge in [-0.2, -0.15) is 11.3 Å². The van der Waals surface area contributed by atoms with Crippen LogP contribution in [0.2, 0.25) is 0 Å². The Labute approximate surface area is 178 Å². The molecule has 1 aliphatic carbocycles. The first-order valence-electron chi connectivity index (χ1n) is 11.4. The minimum atomic E-state index is 0.285. The molecule has 3 heterocycles. The number of carbonyl (C=O) groups excluding carboxylic acids is 1. The van der Waals surface area contributed by atoms with Gasteiger partial charge in [-0.15, -0.1) is 0 Å². The van der Waals surface area contributed by atoms with E-state index in [9.17, 15) is 4.79 Å². The molecule has 0 bridgehead atoms. The number of hydrogen-bond donors (Lipinski definition) is 0. The second-order valence-corrected chi connectivity index (χ2v) is 10.0. The Bertz CT molecular complexity index is 799. The molecule has 2 saturated heterocycles. The van der Waals surface area contributed by atoms with Gasteiger partial charge in [0, 0.05) is 50.0 Å². The Kier molecular flexibility index (Phi) is 5.74. The smallest absolute Gasteiger partial charge is 0.225 e. The van der Waals surface area contributed by atoms with Gasteiger partial charge in [0.05, 0.1) is 0 Å². The van der Waals surface area contributed by atoms with Gasteiger partial charge in [0.25, 0.3) is 0 Å². The topological polar surface area (TPSA) is 23.6 Å². The number of hydrogen-bond acceptors (Lipinski definition) is 3. The highest BCUT2D eigenvalue weighted by molar-refractivity contribution is 7.08. The van der Waals surface area contributed by atoms with E-state index in [1.165, 1.54) is 30.4 Å². The lowest BCUT2D eigenvalue weighted by Crippen LogP contribution is -2.49. The van der Waals surface area contributed by atoms with E-state index < -0.39 is 0 Å². The fraction of sp³-hybridized carbons (Fsp3) is 0.560. The second-order valence-electron chi connectivity index (χ2n) is 9.23. The van der Waals surface area contributed by atoms with Gasteiger partial charge < -0.3 is 4.90 Å². The molecule has 1 aromatic carbocycles. The predicted octanol–water partition coefficient (Wildman–Crippen LogP) is 5.14. The summed E-state index contributed by atoms with van der Waals surface area (Å²) in [6.07, 6.45) is 7.11. The zero-order valence-electron chi connectivity index (χ0n) is 17.2. The molecule has 3 atom stereocenters. The van der Waals surface area contributed by atoms with E-state index in [4.69, 9.17) is 0 Å². The van der Waals surface area contributed by atoms with E-state index in [1.54, 1.807) is 11.3 Å². The van der Waals surface area contributed by atoms with Crippen LogP contribution in [0.4, 0.5) is 0 Å². The summed E-state index contributed by atoms with van der Waals surface area (Å²) in [6, 6.07) is 13.5. The van der Waals surface area contributed by atoms with Crippen molar-refractivity contribution in [2.24, 2.45) is 11.8 Å². The van der Waals surface area contributed by atoms with Gasteiger partial charge in [-0.3, -0.25) is 9.69 Å². The highest BCUT2D eigenvalue weighted by atomic mass is 32.1. The van der Waals surface area contributed by atoms with E-state index in [0.717, 1.165) is 45.4 Å². The Morgan fingerprint density at radius 3 is 2.59 bits per heavy atom. The highest BCUT2D eigenvalue weighted by Gasteiger charge is 2.48. The average molecular weight is 409 g/mol. The number of thiophene rings is 1. The van der Waals surface area contributed by atoms with Crippen molar-refractivity contribution < 1.29 is 4.79 Å². The molecule has 154 valence electrons. The van der Waals surface area contributed by atoms with Gasteiger partial charge in [-0.25, -0.2) is 0 Å². The molecule has 5 rings (SSSR count). The molecular formula is C25H32N2OS. The first kappa shape index (κ1) is 19.3. The summed E-state index contributed by atoms with van der Waals surface area (Å²) < 4.78 is 0. The minimum Gasteiger partial charge on any atom is -0.338 e. The second kappa shape index (κ2) is 8.61. The SMILES string of the molecule is O=C(C1CCCCC1)N1C[C@H](c2ccsc2)[C@H]2CN(Cc3ccccc3)CC[C@H]21. The third-order valence-corrected chi connectivity index (χ3v) is 8.17. The summed E-state index contributed by atoms with van der Waals surface area (Å²) in [4.78, 5) is 18.4. The number of benzene rings is 1. The van der Waals surface area contributed by atoms with Crippen molar-refractivity contribution in [2.45, 2.75) is 57.0 Å². The number of rotatable bonds is 4. The third-order valence-electron chi connectivity index (χ3n) is 7.47. The van der Waals surface area contributed by atoms with Crippen molar-refractivity contribution in [1.82, 2.24) is 9.80 Å². The van der Waals surface area contributed by atoms with Crippen molar-refractivity contribution in [3.63, 3.8) is 0 Å². The van der Waals surface area contributed by atoms with Crippen molar-refractivity contribution in [3.8, 4) is 0 Å². The lowest BCUT2D eigenvalue weighted by atomic mass is 9.82.